The molecule has 23 heavy (non-hydrogen) atoms. The van der Waals surface area contributed by atoms with Crippen molar-refractivity contribution >= 4 is 27.7 Å². The molecule has 1 heterocycles. The van der Waals surface area contributed by atoms with Crippen molar-refractivity contribution in [1.29, 1.82) is 0 Å². The van der Waals surface area contributed by atoms with E-state index in [1.165, 1.54) is 0 Å². The predicted octanol–water partition coefficient (Wildman–Crippen LogP) is 2.90. The van der Waals surface area contributed by atoms with Crippen LogP contribution in [0.1, 0.15) is 6.42 Å². The Labute approximate surface area is 143 Å². The van der Waals surface area contributed by atoms with E-state index in [1.807, 2.05) is 24.3 Å². The number of halogens is 1. The molecular formula is C16H18BrN3O3. The zero-order chi connectivity index (χ0) is 16.5. The molecule has 0 saturated carbocycles. The van der Waals surface area contributed by atoms with Crippen LogP contribution in [0.2, 0.25) is 0 Å². The maximum atomic E-state index is 11.9. The molecule has 0 fully saturated rings. The highest BCUT2D eigenvalue weighted by molar-refractivity contribution is 9.10. The van der Waals surface area contributed by atoms with Gasteiger partial charge in [-0.15, -0.1) is 0 Å². The summed E-state index contributed by atoms with van der Waals surface area (Å²) >= 11 is 3.42. The van der Waals surface area contributed by atoms with Gasteiger partial charge in [0.1, 0.15) is 5.82 Å². The number of aromatic nitrogens is 2. The number of ether oxygens (including phenoxy) is 2. The smallest absolute Gasteiger partial charge is 0.227 e. The van der Waals surface area contributed by atoms with Crippen molar-refractivity contribution in [1.82, 2.24) is 9.97 Å². The van der Waals surface area contributed by atoms with E-state index < -0.39 is 0 Å². The monoisotopic (exact) mass is 379 g/mol. The van der Waals surface area contributed by atoms with Crippen LogP contribution in [0.4, 0.5) is 5.82 Å². The third-order valence-corrected chi connectivity index (χ3v) is 3.40. The lowest BCUT2D eigenvalue weighted by Crippen LogP contribution is -2.16. The van der Waals surface area contributed by atoms with E-state index in [-0.39, 0.29) is 12.3 Å². The molecule has 0 atom stereocenters. The van der Waals surface area contributed by atoms with Crippen LogP contribution in [0, 0.1) is 0 Å². The van der Waals surface area contributed by atoms with Gasteiger partial charge in [-0.2, -0.15) is 0 Å². The first-order chi connectivity index (χ1) is 11.2. The molecule has 0 aliphatic heterocycles. The fourth-order valence-electron chi connectivity index (χ4n) is 1.81. The number of rotatable bonds is 8. The van der Waals surface area contributed by atoms with Gasteiger partial charge >= 0.3 is 0 Å². The minimum Gasteiger partial charge on any atom is -0.382 e. The molecule has 122 valence electrons. The number of anilines is 1. The Morgan fingerprint density at radius 2 is 2.13 bits per heavy atom. The van der Waals surface area contributed by atoms with Crippen LogP contribution in [0.5, 0.6) is 0 Å². The number of hydrogen-bond acceptors (Lipinski definition) is 5. The number of methoxy groups -OCH3 is 1. The van der Waals surface area contributed by atoms with Crippen LogP contribution in [-0.4, -0.2) is 42.8 Å². The Balaban J connectivity index is 1.91. The summed E-state index contributed by atoms with van der Waals surface area (Å²) < 4.78 is 11.1. The fraction of sp³-hybridized carbons (Fsp3) is 0.312. The van der Waals surface area contributed by atoms with Gasteiger partial charge in [0.2, 0.25) is 5.91 Å². The van der Waals surface area contributed by atoms with Crippen LogP contribution in [-0.2, 0) is 14.3 Å². The Bertz CT molecular complexity index is 652. The average Bonchev–Trinajstić information content (AvgIpc) is 2.55. The molecule has 0 aliphatic carbocycles. The highest BCUT2D eigenvalue weighted by Gasteiger charge is 2.06. The molecular weight excluding hydrogens is 362 g/mol. The minimum atomic E-state index is -0.152. The summed E-state index contributed by atoms with van der Waals surface area (Å²) in [4.78, 5) is 20.4. The van der Waals surface area contributed by atoms with Crippen molar-refractivity contribution in [2.24, 2.45) is 0 Å². The Morgan fingerprint density at radius 1 is 1.26 bits per heavy atom. The van der Waals surface area contributed by atoms with Crippen LogP contribution >= 0.6 is 15.9 Å². The second-order valence-electron chi connectivity index (χ2n) is 4.68. The van der Waals surface area contributed by atoms with E-state index in [0.29, 0.717) is 31.5 Å². The topological polar surface area (TPSA) is 73.3 Å². The van der Waals surface area contributed by atoms with Crippen molar-refractivity contribution < 1.29 is 14.3 Å². The van der Waals surface area contributed by atoms with E-state index in [0.717, 1.165) is 10.0 Å². The molecule has 2 rings (SSSR count). The van der Waals surface area contributed by atoms with Crippen molar-refractivity contribution in [3.8, 4) is 11.4 Å². The highest BCUT2D eigenvalue weighted by Crippen LogP contribution is 2.20. The minimum absolute atomic E-state index is 0.152. The van der Waals surface area contributed by atoms with Gasteiger partial charge in [0.15, 0.2) is 5.82 Å². The number of hydrogen-bond donors (Lipinski definition) is 1. The first-order valence-corrected chi connectivity index (χ1v) is 7.94. The van der Waals surface area contributed by atoms with Crippen LogP contribution in [0.15, 0.2) is 41.0 Å². The van der Waals surface area contributed by atoms with Gasteiger partial charge in [-0.05, 0) is 18.2 Å². The van der Waals surface area contributed by atoms with Crippen LogP contribution in [0.3, 0.4) is 0 Å². The van der Waals surface area contributed by atoms with Crippen molar-refractivity contribution in [2.45, 2.75) is 6.42 Å². The van der Waals surface area contributed by atoms with Gasteiger partial charge in [-0.25, -0.2) is 9.97 Å². The summed E-state index contributed by atoms with van der Waals surface area (Å²) in [5.74, 6) is 0.874. The average molecular weight is 380 g/mol. The standard InChI is InChI=1S/C16H18BrN3O3/c1-22-9-10-23-8-6-15(21)19-14-5-7-18-16(20-14)12-3-2-4-13(17)11-12/h2-5,7,11H,6,8-10H2,1H3,(H,18,19,20,21). The normalized spacial score (nSPS) is 10.5. The molecule has 0 saturated heterocycles. The van der Waals surface area contributed by atoms with Gasteiger partial charge in [0.25, 0.3) is 0 Å². The molecule has 1 aromatic carbocycles. The first kappa shape index (κ1) is 17.5. The van der Waals surface area contributed by atoms with Crippen molar-refractivity contribution in [2.75, 3.05) is 32.2 Å². The lowest BCUT2D eigenvalue weighted by atomic mass is 10.2. The number of nitrogens with one attached hydrogen (secondary N) is 1. The van der Waals surface area contributed by atoms with Gasteiger partial charge in [0, 0.05) is 23.3 Å². The van der Waals surface area contributed by atoms with Crippen molar-refractivity contribution in [3.05, 3.63) is 41.0 Å². The van der Waals surface area contributed by atoms with E-state index in [9.17, 15) is 4.79 Å². The number of carbonyl (C=O) groups excluding carboxylic acids is 1. The number of carbonyl (C=O) groups is 1. The highest BCUT2D eigenvalue weighted by atomic mass is 79.9. The molecule has 2 aromatic rings. The van der Waals surface area contributed by atoms with E-state index >= 15 is 0 Å². The van der Waals surface area contributed by atoms with Gasteiger partial charge < -0.3 is 14.8 Å². The predicted molar refractivity (Wildman–Crippen MR) is 91.1 cm³/mol. The largest absolute Gasteiger partial charge is 0.382 e. The van der Waals surface area contributed by atoms with Gasteiger partial charge in [0.05, 0.1) is 26.2 Å². The lowest BCUT2D eigenvalue weighted by molar-refractivity contribution is -0.117. The first-order valence-electron chi connectivity index (χ1n) is 7.14. The SMILES string of the molecule is COCCOCCC(=O)Nc1ccnc(-c2cccc(Br)c2)n1. The molecule has 0 aliphatic rings. The molecule has 7 heteroatoms. The zero-order valence-electron chi connectivity index (χ0n) is 12.8. The summed E-state index contributed by atoms with van der Waals surface area (Å²) in [7, 11) is 1.61. The van der Waals surface area contributed by atoms with Crippen LogP contribution in [0.25, 0.3) is 11.4 Å². The quantitative estimate of drug-likeness (QED) is 0.713. The molecule has 0 radical (unpaired) electrons. The molecule has 0 bridgehead atoms. The maximum absolute atomic E-state index is 11.9. The third kappa shape index (κ3) is 6.05. The molecule has 1 amide bonds. The maximum Gasteiger partial charge on any atom is 0.227 e. The lowest BCUT2D eigenvalue weighted by Gasteiger charge is -2.07. The van der Waals surface area contributed by atoms with Gasteiger partial charge in [-0.1, -0.05) is 28.1 Å². The molecule has 0 spiro atoms. The zero-order valence-corrected chi connectivity index (χ0v) is 14.4. The second-order valence-corrected chi connectivity index (χ2v) is 5.59. The number of benzene rings is 1. The Hall–Kier alpha value is -1.83. The van der Waals surface area contributed by atoms with E-state index in [2.05, 4.69) is 31.2 Å². The Kier molecular flexibility index (Phi) is 7.12. The fourth-order valence-corrected chi connectivity index (χ4v) is 2.21. The van der Waals surface area contributed by atoms with Crippen molar-refractivity contribution in [3.63, 3.8) is 0 Å². The van der Waals surface area contributed by atoms with Crippen LogP contribution < -0.4 is 5.32 Å². The number of nitrogens with zero attached hydrogens (tertiary/aromatic N) is 2. The summed E-state index contributed by atoms with van der Waals surface area (Å²) in [6.07, 6.45) is 1.88. The van der Waals surface area contributed by atoms with Gasteiger partial charge in [-0.3, -0.25) is 4.79 Å². The van der Waals surface area contributed by atoms with E-state index in [4.69, 9.17) is 9.47 Å². The summed E-state index contributed by atoms with van der Waals surface area (Å²) in [6.45, 7) is 1.34. The summed E-state index contributed by atoms with van der Waals surface area (Å²) in [5, 5.41) is 2.74. The molecule has 1 aromatic heterocycles. The Morgan fingerprint density at radius 3 is 2.91 bits per heavy atom. The summed E-state index contributed by atoms with van der Waals surface area (Å²) in [5.41, 5.74) is 0.873. The molecule has 1 N–H and O–H groups in total. The molecule has 6 nitrogen and oxygen atoms in total. The van der Waals surface area contributed by atoms with E-state index in [1.54, 1.807) is 19.4 Å². The third-order valence-electron chi connectivity index (χ3n) is 2.91. The molecule has 0 unspecified atom stereocenters. The summed E-state index contributed by atoms with van der Waals surface area (Å²) in [6, 6.07) is 9.33. The number of amides is 1. The second kappa shape index (κ2) is 9.34.